The number of anilines is 2. The van der Waals surface area contributed by atoms with Crippen molar-refractivity contribution in [3.63, 3.8) is 0 Å². The predicted molar refractivity (Wildman–Crippen MR) is 92.2 cm³/mol. The summed E-state index contributed by atoms with van der Waals surface area (Å²) >= 11 is 0. The fraction of sp³-hybridized carbons (Fsp3) is 0.211. The van der Waals surface area contributed by atoms with Crippen molar-refractivity contribution < 1.29 is 0 Å². The molecule has 3 rings (SSSR count). The molecule has 0 amide bonds. The number of rotatable bonds is 3. The molecule has 22 heavy (non-hydrogen) atoms. The molecule has 3 aromatic rings. The van der Waals surface area contributed by atoms with Crippen LogP contribution in [0.5, 0.6) is 0 Å². The molecule has 3 heteroatoms. The van der Waals surface area contributed by atoms with E-state index in [0.717, 1.165) is 17.2 Å². The van der Waals surface area contributed by atoms with Gasteiger partial charge < -0.3 is 5.32 Å². The Labute approximate surface area is 131 Å². The van der Waals surface area contributed by atoms with Gasteiger partial charge in [0.25, 0.3) is 0 Å². The van der Waals surface area contributed by atoms with Gasteiger partial charge in [-0.1, -0.05) is 24.3 Å². The molecule has 0 saturated carbocycles. The maximum atomic E-state index is 4.62. The molecule has 0 aliphatic heterocycles. The van der Waals surface area contributed by atoms with Crippen LogP contribution in [0.1, 0.15) is 22.3 Å². The third-order valence-corrected chi connectivity index (χ3v) is 4.23. The Morgan fingerprint density at radius 2 is 1.50 bits per heavy atom. The van der Waals surface area contributed by atoms with E-state index in [1.54, 1.807) is 0 Å². The first-order valence-corrected chi connectivity index (χ1v) is 7.52. The van der Waals surface area contributed by atoms with Gasteiger partial charge in [-0.2, -0.15) is 5.10 Å². The third-order valence-electron chi connectivity index (χ3n) is 4.23. The third kappa shape index (κ3) is 2.62. The van der Waals surface area contributed by atoms with Gasteiger partial charge in [0, 0.05) is 18.0 Å². The fourth-order valence-corrected chi connectivity index (χ4v) is 2.65. The van der Waals surface area contributed by atoms with Crippen molar-refractivity contribution in [1.82, 2.24) is 9.78 Å². The minimum absolute atomic E-state index is 0.861. The molecule has 1 heterocycles. The molecule has 0 radical (unpaired) electrons. The van der Waals surface area contributed by atoms with E-state index in [2.05, 4.69) is 44.2 Å². The largest absolute Gasteiger partial charge is 0.338 e. The number of hydrogen-bond donors (Lipinski definition) is 1. The molecule has 0 saturated heterocycles. The minimum atomic E-state index is 0.861. The van der Waals surface area contributed by atoms with Gasteiger partial charge in [0.1, 0.15) is 0 Å². The standard InChI is InChI=1S/C19H21N3/c1-13-12-14(2)16(4)19(15(13)3)20-18-10-11-22(21-18)17-8-6-5-7-9-17/h5-12H,1-4H3,(H,20,21). The van der Waals surface area contributed by atoms with Gasteiger partial charge in [0.05, 0.1) is 5.69 Å². The normalized spacial score (nSPS) is 10.7. The van der Waals surface area contributed by atoms with Crippen molar-refractivity contribution in [2.75, 3.05) is 5.32 Å². The van der Waals surface area contributed by atoms with Crippen LogP contribution < -0.4 is 5.32 Å². The SMILES string of the molecule is Cc1cc(C)c(C)c(Nc2ccn(-c3ccccc3)n2)c1C. The van der Waals surface area contributed by atoms with Gasteiger partial charge in [0.15, 0.2) is 5.82 Å². The van der Waals surface area contributed by atoms with Crippen molar-refractivity contribution in [2.45, 2.75) is 27.7 Å². The molecule has 0 fully saturated rings. The van der Waals surface area contributed by atoms with Crippen molar-refractivity contribution in [2.24, 2.45) is 0 Å². The van der Waals surface area contributed by atoms with Gasteiger partial charge in [-0.05, 0) is 62.1 Å². The molecule has 0 atom stereocenters. The maximum absolute atomic E-state index is 4.62. The second-order valence-corrected chi connectivity index (χ2v) is 5.74. The average Bonchev–Trinajstić information content (AvgIpc) is 2.99. The van der Waals surface area contributed by atoms with Crippen LogP contribution in [-0.2, 0) is 0 Å². The van der Waals surface area contributed by atoms with Gasteiger partial charge in [0.2, 0.25) is 0 Å². The predicted octanol–water partition coefficient (Wildman–Crippen LogP) is 4.85. The van der Waals surface area contributed by atoms with E-state index in [0.29, 0.717) is 0 Å². The summed E-state index contributed by atoms with van der Waals surface area (Å²) in [5.74, 6) is 0.861. The molecule has 1 N–H and O–H groups in total. The van der Waals surface area contributed by atoms with E-state index in [-0.39, 0.29) is 0 Å². The number of hydrogen-bond acceptors (Lipinski definition) is 2. The number of para-hydroxylation sites is 1. The lowest BCUT2D eigenvalue weighted by Gasteiger charge is -2.15. The molecule has 112 valence electrons. The molecular formula is C19H21N3. The van der Waals surface area contributed by atoms with Gasteiger partial charge >= 0.3 is 0 Å². The van der Waals surface area contributed by atoms with E-state index in [9.17, 15) is 0 Å². The van der Waals surface area contributed by atoms with Crippen LogP contribution in [0, 0.1) is 27.7 Å². The Kier molecular flexibility index (Phi) is 3.72. The molecule has 0 aliphatic rings. The number of nitrogens with one attached hydrogen (secondary N) is 1. The quantitative estimate of drug-likeness (QED) is 0.747. The molecule has 3 nitrogen and oxygen atoms in total. The Bertz CT molecular complexity index is 775. The van der Waals surface area contributed by atoms with Crippen LogP contribution in [0.3, 0.4) is 0 Å². The number of aromatic nitrogens is 2. The number of aryl methyl sites for hydroxylation is 2. The van der Waals surface area contributed by atoms with Crippen LogP contribution >= 0.6 is 0 Å². The average molecular weight is 291 g/mol. The van der Waals surface area contributed by atoms with Crippen LogP contribution in [0.25, 0.3) is 5.69 Å². The Hall–Kier alpha value is -2.55. The van der Waals surface area contributed by atoms with Crippen LogP contribution in [0.4, 0.5) is 11.5 Å². The van der Waals surface area contributed by atoms with E-state index < -0.39 is 0 Å². The Morgan fingerprint density at radius 1 is 0.864 bits per heavy atom. The summed E-state index contributed by atoms with van der Waals surface area (Å²) in [7, 11) is 0. The second kappa shape index (κ2) is 5.68. The summed E-state index contributed by atoms with van der Waals surface area (Å²) in [6.07, 6.45) is 1.98. The van der Waals surface area contributed by atoms with Gasteiger partial charge in [-0.25, -0.2) is 4.68 Å². The second-order valence-electron chi connectivity index (χ2n) is 5.74. The number of benzene rings is 2. The van der Waals surface area contributed by atoms with Crippen LogP contribution in [0.2, 0.25) is 0 Å². The topological polar surface area (TPSA) is 29.9 Å². The van der Waals surface area contributed by atoms with E-state index in [1.165, 1.54) is 22.3 Å². The van der Waals surface area contributed by atoms with E-state index in [1.807, 2.05) is 47.3 Å². The van der Waals surface area contributed by atoms with Crippen molar-refractivity contribution in [3.05, 3.63) is 70.9 Å². The summed E-state index contributed by atoms with van der Waals surface area (Å²) in [6.45, 7) is 8.60. The summed E-state index contributed by atoms with van der Waals surface area (Å²) < 4.78 is 1.88. The Balaban J connectivity index is 1.94. The lowest BCUT2D eigenvalue weighted by molar-refractivity contribution is 0.884. The van der Waals surface area contributed by atoms with E-state index in [4.69, 9.17) is 0 Å². The summed E-state index contributed by atoms with van der Waals surface area (Å²) in [4.78, 5) is 0. The van der Waals surface area contributed by atoms with Gasteiger partial charge in [-0.3, -0.25) is 0 Å². The molecule has 2 aromatic carbocycles. The lowest BCUT2D eigenvalue weighted by Crippen LogP contribution is -2.02. The first-order chi connectivity index (χ1) is 10.6. The molecule has 0 bridgehead atoms. The Morgan fingerprint density at radius 3 is 2.14 bits per heavy atom. The molecule has 0 spiro atoms. The lowest BCUT2D eigenvalue weighted by atomic mass is 9.99. The summed E-state index contributed by atoms with van der Waals surface area (Å²) in [6, 6.07) is 14.4. The maximum Gasteiger partial charge on any atom is 0.152 e. The first-order valence-electron chi connectivity index (χ1n) is 7.52. The van der Waals surface area contributed by atoms with Crippen molar-refractivity contribution in [1.29, 1.82) is 0 Å². The zero-order chi connectivity index (χ0) is 15.7. The van der Waals surface area contributed by atoms with Crippen LogP contribution in [-0.4, -0.2) is 9.78 Å². The monoisotopic (exact) mass is 291 g/mol. The smallest absolute Gasteiger partial charge is 0.152 e. The summed E-state index contributed by atoms with van der Waals surface area (Å²) in [5.41, 5.74) is 7.37. The first kappa shape index (κ1) is 14.4. The van der Waals surface area contributed by atoms with Crippen molar-refractivity contribution in [3.8, 4) is 5.69 Å². The number of nitrogens with zero attached hydrogens (tertiary/aromatic N) is 2. The highest BCUT2D eigenvalue weighted by molar-refractivity contribution is 5.67. The highest BCUT2D eigenvalue weighted by Crippen LogP contribution is 2.29. The van der Waals surface area contributed by atoms with E-state index >= 15 is 0 Å². The molecule has 0 unspecified atom stereocenters. The highest BCUT2D eigenvalue weighted by atomic mass is 15.3. The fourth-order valence-electron chi connectivity index (χ4n) is 2.65. The summed E-state index contributed by atoms with van der Waals surface area (Å²) in [5, 5.41) is 8.10. The van der Waals surface area contributed by atoms with Gasteiger partial charge in [-0.15, -0.1) is 0 Å². The van der Waals surface area contributed by atoms with Crippen molar-refractivity contribution >= 4 is 11.5 Å². The molecule has 1 aromatic heterocycles. The highest BCUT2D eigenvalue weighted by Gasteiger charge is 2.10. The molecule has 0 aliphatic carbocycles. The molecular weight excluding hydrogens is 270 g/mol. The zero-order valence-corrected chi connectivity index (χ0v) is 13.5. The minimum Gasteiger partial charge on any atom is -0.338 e. The van der Waals surface area contributed by atoms with Crippen LogP contribution in [0.15, 0.2) is 48.7 Å². The zero-order valence-electron chi connectivity index (χ0n) is 13.5.